The van der Waals surface area contributed by atoms with E-state index in [0.717, 1.165) is 19.3 Å². The van der Waals surface area contributed by atoms with Crippen molar-refractivity contribution in [3.05, 3.63) is 28.3 Å². The van der Waals surface area contributed by atoms with Gasteiger partial charge >= 0.3 is 0 Å². The van der Waals surface area contributed by atoms with Crippen molar-refractivity contribution in [3.63, 3.8) is 0 Å². The average molecular weight is 398 g/mol. The van der Waals surface area contributed by atoms with E-state index in [4.69, 9.17) is 5.73 Å². The van der Waals surface area contributed by atoms with Gasteiger partial charge in [0, 0.05) is 24.3 Å². The number of rotatable bonds is 10. The molecule has 158 valence electrons. The maximum atomic E-state index is 11.0. The van der Waals surface area contributed by atoms with Gasteiger partial charge in [0.15, 0.2) is 0 Å². The number of nitrogens with one attached hydrogen (secondary N) is 2. The first-order valence-electron chi connectivity index (χ1n) is 9.47. The van der Waals surface area contributed by atoms with Crippen molar-refractivity contribution in [2.75, 3.05) is 30.7 Å². The van der Waals surface area contributed by atoms with Crippen molar-refractivity contribution in [3.8, 4) is 0 Å². The zero-order chi connectivity index (χ0) is 20.7. The quantitative estimate of drug-likeness (QED) is 0.123. The van der Waals surface area contributed by atoms with E-state index in [-0.39, 0.29) is 18.2 Å². The van der Waals surface area contributed by atoms with Crippen LogP contribution in [0.4, 0.5) is 17.1 Å². The van der Waals surface area contributed by atoms with E-state index in [1.807, 2.05) is 0 Å². The monoisotopic (exact) mass is 398 g/mol. The summed E-state index contributed by atoms with van der Waals surface area (Å²) in [6.45, 7) is 0.646. The van der Waals surface area contributed by atoms with Crippen LogP contribution in [0.5, 0.6) is 0 Å². The van der Waals surface area contributed by atoms with Gasteiger partial charge in [0.25, 0.3) is 5.69 Å². The Hall–Kier alpha value is -1.98. The first-order chi connectivity index (χ1) is 13.3. The van der Waals surface area contributed by atoms with E-state index in [0.29, 0.717) is 30.9 Å². The van der Waals surface area contributed by atoms with Gasteiger partial charge in [-0.3, -0.25) is 10.1 Å². The molecule has 0 radical (unpaired) electrons. The van der Waals surface area contributed by atoms with E-state index in [1.165, 1.54) is 6.07 Å². The van der Waals surface area contributed by atoms with Crippen LogP contribution in [0.2, 0.25) is 0 Å². The third-order valence-corrected chi connectivity index (χ3v) is 5.14. The zero-order valence-corrected chi connectivity index (χ0v) is 15.8. The van der Waals surface area contributed by atoms with Crippen molar-refractivity contribution in [2.24, 2.45) is 0 Å². The fourth-order valence-corrected chi connectivity index (χ4v) is 3.53. The molecule has 0 bridgehead atoms. The molecular weight excluding hydrogens is 368 g/mol. The van der Waals surface area contributed by atoms with Gasteiger partial charge in [-0.2, -0.15) is 0 Å². The second-order valence-corrected chi connectivity index (χ2v) is 7.39. The summed E-state index contributed by atoms with van der Waals surface area (Å²) in [5.41, 5.74) is 4.63. The number of nitro groups is 1. The molecule has 0 amide bonds. The molecule has 10 nitrogen and oxygen atoms in total. The zero-order valence-electron chi connectivity index (χ0n) is 15.8. The number of aliphatic hydroxyl groups is 4. The fraction of sp³-hybridized carbons (Fsp3) is 0.667. The van der Waals surface area contributed by atoms with Gasteiger partial charge in [0.05, 0.1) is 17.6 Å². The number of benzene rings is 1. The van der Waals surface area contributed by atoms with Crippen LogP contribution in [-0.2, 0) is 0 Å². The predicted molar refractivity (Wildman–Crippen MR) is 105 cm³/mol. The van der Waals surface area contributed by atoms with Crippen LogP contribution in [0, 0.1) is 10.1 Å². The number of hydrogen-bond donors (Lipinski definition) is 7. The van der Waals surface area contributed by atoms with Crippen LogP contribution in [0.1, 0.15) is 32.1 Å². The number of nitrogens with two attached hydrogens (primary N) is 1. The van der Waals surface area contributed by atoms with E-state index in [9.17, 15) is 30.5 Å². The van der Waals surface area contributed by atoms with Crippen molar-refractivity contribution < 1.29 is 25.3 Å². The average Bonchev–Trinajstić information content (AvgIpc) is 2.66. The van der Waals surface area contributed by atoms with Gasteiger partial charge in [0.2, 0.25) is 0 Å². The van der Waals surface area contributed by atoms with Crippen LogP contribution in [0.3, 0.4) is 0 Å². The smallest absolute Gasteiger partial charge is 0.294 e. The molecule has 1 aromatic rings. The van der Waals surface area contributed by atoms with Gasteiger partial charge in [-0.25, -0.2) is 0 Å². The fourth-order valence-electron chi connectivity index (χ4n) is 3.53. The number of aliphatic hydroxyl groups excluding tert-OH is 3. The molecule has 0 spiro atoms. The van der Waals surface area contributed by atoms with Crippen LogP contribution >= 0.6 is 0 Å². The molecule has 2 rings (SSSR count). The highest BCUT2D eigenvalue weighted by atomic mass is 16.6. The van der Waals surface area contributed by atoms with Crippen LogP contribution < -0.4 is 16.4 Å². The lowest BCUT2D eigenvalue weighted by Crippen LogP contribution is -2.60. The predicted octanol–water partition coefficient (Wildman–Crippen LogP) is -0.0436. The topological polar surface area (TPSA) is 174 Å². The van der Waals surface area contributed by atoms with E-state index < -0.39 is 29.3 Å². The Labute approximate surface area is 163 Å². The number of anilines is 2. The van der Waals surface area contributed by atoms with Crippen molar-refractivity contribution in [1.82, 2.24) is 5.32 Å². The Bertz CT molecular complexity index is 661. The van der Waals surface area contributed by atoms with E-state index in [2.05, 4.69) is 10.6 Å². The second-order valence-electron chi connectivity index (χ2n) is 7.39. The standard InChI is InChI=1S/C18H30N4O6/c19-12-4-5-14(15(8-12)22(27)28)21-7-3-1-2-6-20-13-9-16(24)17(25)18(26,10-13)11-23/h4-5,8,13,16-17,20-21,23-26H,1-3,6-7,9-11,19H2/t13-,16?,17+,18+/m1/s1. The maximum absolute atomic E-state index is 11.0. The number of hydrogen-bond acceptors (Lipinski definition) is 9. The summed E-state index contributed by atoms with van der Waals surface area (Å²) in [6, 6.07) is 4.35. The molecule has 8 N–H and O–H groups in total. The molecule has 4 atom stereocenters. The van der Waals surface area contributed by atoms with Gasteiger partial charge in [0.1, 0.15) is 17.4 Å². The maximum Gasteiger partial charge on any atom is 0.294 e. The van der Waals surface area contributed by atoms with Gasteiger partial charge in [-0.1, -0.05) is 6.42 Å². The summed E-state index contributed by atoms with van der Waals surface area (Å²) < 4.78 is 0. The molecule has 1 unspecified atom stereocenters. The molecule has 1 aromatic carbocycles. The molecule has 1 aliphatic carbocycles. The minimum Gasteiger partial charge on any atom is -0.399 e. The van der Waals surface area contributed by atoms with E-state index in [1.54, 1.807) is 12.1 Å². The third-order valence-electron chi connectivity index (χ3n) is 5.14. The minimum absolute atomic E-state index is 0.0453. The lowest BCUT2D eigenvalue weighted by Gasteiger charge is -2.42. The summed E-state index contributed by atoms with van der Waals surface area (Å²) in [4.78, 5) is 10.6. The summed E-state index contributed by atoms with van der Waals surface area (Å²) in [5, 5.41) is 56.5. The summed E-state index contributed by atoms with van der Waals surface area (Å²) >= 11 is 0. The normalized spacial score (nSPS) is 27.5. The molecule has 10 heteroatoms. The number of nitro benzene ring substituents is 1. The summed E-state index contributed by atoms with van der Waals surface area (Å²) in [7, 11) is 0. The molecule has 1 fully saturated rings. The lowest BCUT2D eigenvalue weighted by molar-refractivity contribution is -0.383. The summed E-state index contributed by atoms with van der Waals surface area (Å²) in [6.07, 6.45) is 0.594. The second kappa shape index (κ2) is 9.99. The minimum atomic E-state index is -1.69. The molecular formula is C18H30N4O6. The molecule has 0 saturated heterocycles. The van der Waals surface area contributed by atoms with Crippen molar-refractivity contribution in [2.45, 2.75) is 56.0 Å². The van der Waals surface area contributed by atoms with E-state index >= 15 is 0 Å². The van der Waals surface area contributed by atoms with Crippen molar-refractivity contribution >= 4 is 17.1 Å². The number of nitrogens with zero attached hydrogens (tertiary/aromatic N) is 1. The highest BCUT2D eigenvalue weighted by molar-refractivity contribution is 5.66. The lowest BCUT2D eigenvalue weighted by atomic mass is 9.78. The molecule has 1 aliphatic rings. The Kier molecular flexibility index (Phi) is 7.96. The van der Waals surface area contributed by atoms with Gasteiger partial charge in [-0.05, 0) is 44.4 Å². The number of unbranched alkanes of at least 4 members (excludes halogenated alkanes) is 2. The molecule has 1 saturated carbocycles. The van der Waals surface area contributed by atoms with Crippen LogP contribution in [0.15, 0.2) is 18.2 Å². The Morgan fingerprint density at radius 2 is 1.96 bits per heavy atom. The third kappa shape index (κ3) is 5.76. The first-order valence-corrected chi connectivity index (χ1v) is 9.47. The molecule has 0 aromatic heterocycles. The Morgan fingerprint density at radius 3 is 2.64 bits per heavy atom. The Balaban J connectivity index is 1.66. The molecule has 0 heterocycles. The van der Waals surface area contributed by atoms with Gasteiger partial charge in [-0.15, -0.1) is 0 Å². The highest BCUT2D eigenvalue weighted by Crippen LogP contribution is 2.29. The van der Waals surface area contributed by atoms with Crippen LogP contribution in [0.25, 0.3) is 0 Å². The summed E-state index contributed by atoms with van der Waals surface area (Å²) in [5.74, 6) is 0. The molecule has 28 heavy (non-hydrogen) atoms. The number of nitrogen functional groups attached to an aromatic ring is 1. The molecule has 0 aliphatic heterocycles. The van der Waals surface area contributed by atoms with Gasteiger partial charge < -0.3 is 36.8 Å². The largest absolute Gasteiger partial charge is 0.399 e. The van der Waals surface area contributed by atoms with Crippen LogP contribution in [-0.4, -0.2) is 68.9 Å². The van der Waals surface area contributed by atoms with Crippen molar-refractivity contribution in [1.29, 1.82) is 0 Å². The Morgan fingerprint density at radius 1 is 1.25 bits per heavy atom. The first kappa shape index (κ1) is 22.3. The SMILES string of the molecule is Nc1ccc(NCCCCCN[C@@H]2CC(O)[C@H](O)[C@@](O)(CO)C2)c([N+](=O)[O-])c1. The highest BCUT2D eigenvalue weighted by Gasteiger charge is 2.46.